The molecule has 0 spiro atoms. The van der Waals surface area contributed by atoms with Gasteiger partial charge in [-0.1, -0.05) is 6.08 Å². The number of pyridine rings is 1. The highest BCUT2D eigenvalue weighted by atomic mass is 32.1. The van der Waals surface area contributed by atoms with E-state index in [2.05, 4.69) is 36.7 Å². The summed E-state index contributed by atoms with van der Waals surface area (Å²) < 4.78 is 47.8. The molecule has 3 rings (SSSR count). The van der Waals surface area contributed by atoms with Gasteiger partial charge < -0.3 is 15.4 Å². The van der Waals surface area contributed by atoms with Crippen molar-refractivity contribution in [3.05, 3.63) is 49.1 Å². The third-order valence-electron chi connectivity index (χ3n) is 3.78. The smallest absolute Gasteiger partial charge is 0.389 e. The summed E-state index contributed by atoms with van der Waals surface area (Å²) in [5, 5.41) is 11.1. The predicted octanol–water partition coefficient (Wildman–Crippen LogP) is 4.20. The SMILES string of the molecule is C=CC(/C=C/Nc1nc(C)ns1)Nc1nc2c(OCCCC(F)(F)F)cccn2n1. The van der Waals surface area contributed by atoms with Crippen LogP contribution < -0.4 is 15.4 Å². The number of anilines is 2. The number of nitrogens with one attached hydrogen (secondary N) is 2. The molecule has 8 nitrogen and oxygen atoms in total. The van der Waals surface area contributed by atoms with Crippen molar-refractivity contribution in [2.45, 2.75) is 32.0 Å². The van der Waals surface area contributed by atoms with Crippen LogP contribution in [0.4, 0.5) is 24.3 Å². The normalized spacial score (nSPS) is 12.9. The van der Waals surface area contributed by atoms with E-state index in [1.807, 2.05) is 13.0 Å². The van der Waals surface area contributed by atoms with Crippen LogP contribution in [0.2, 0.25) is 0 Å². The van der Waals surface area contributed by atoms with Crippen molar-refractivity contribution in [1.29, 1.82) is 0 Å². The minimum atomic E-state index is -4.20. The number of aryl methyl sites for hydroxylation is 1. The number of nitrogens with zero attached hydrogens (tertiary/aromatic N) is 5. The van der Waals surface area contributed by atoms with Crippen molar-refractivity contribution in [2.24, 2.45) is 0 Å². The maximum atomic E-state index is 12.3. The van der Waals surface area contributed by atoms with Crippen LogP contribution in [0.3, 0.4) is 0 Å². The first-order valence-electron chi connectivity index (χ1n) is 9.01. The molecule has 0 amide bonds. The molecule has 1 unspecified atom stereocenters. The van der Waals surface area contributed by atoms with Crippen molar-refractivity contribution in [3.8, 4) is 5.75 Å². The molecule has 3 aromatic rings. The molecule has 0 saturated heterocycles. The number of hydrogen-bond donors (Lipinski definition) is 2. The molecule has 0 aliphatic rings. The Balaban J connectivity index is 1.62. The fraction of sp³-hybridized carbons (Fsp3) is 0.333. The Bertz CT molecular complexity index is 1010. The largest absolute Gasteiger partial charge is 0.490 e. The molecule has 12 heteroatoms. The van der Waals surface area contributed by atoms with Gasteiger partial charge >= 0.3 is 6.18 Å². The molecular formula is C18H20F3N7OS. The Kier molecular flexibility index (Phi) is 6.87. The highest BCUT2D eigenvalue weighted by molar-refractivity contribution is 7.09. The van der Waals surface area contributed by atoms with Crippen LogP contribution in [-0.4, -0.2) is 42.8 Å². The number of ether oxygens (including phenoxy) is 1. The Morgan fingerprint density at radius 2 is 2.20 bits per heavy atom. The minimum Gasteiger partial charge on any atom is -0.490 e. The molecule has 0 aromatic carbocycles. The Hall–Kier alpha value is -3.15. The molecule has 0 bridgehead atoms. The van der Waals surface area contributed by atoms with Gasteiger partial charge in [0, 0.05) is 30.4 Å². The second kappa shape index (κ2) is 9.57. The van der Waals surface area contributed by atoms with Crippen LogP contribution in [0, 0.1) is 6.92 Å². The number of alkyl halides is 3. The van der Waals surface area contributed by atoms with Crippen LogP contribution >= 0.6 is 11.5 Å². The van der Waals surface area contributed by atoms with Gasteiger partial charge in [0.1, 0.15) is 5.82 Å². The van der Waals surface area contributed by atoms with E-state index in [4.69, 9.17) is 4.74 Å². The number of aromatic nitrogens is 5. The number of halogens is 3. The summed E-state index contributed by atoms with van der Waals surface area (Å²) in [4.78, 5) is 8.56. The van der Waals surface area contributed by atoms with E-state index in [-0.39, 0.29) is 19.1 Å². The number of hydrogen-bond acceptors (Lipinski definition) is 8. The lowest BCUT2D eigenvalue weighted by Crippen LogP contribution is -2.15. The maximum absolute atomic E-state index is 12.3. The van der Waals surface area contributed by atoms with E-state index in [1.165, 1.54) is 16.0 Å². The van der Waals surface area contributed by atoms with Gasteiger partial charge in [0.25, 0.3) is 0 Å². The molecule has 0 saturated carbocycles. The first kappa shape index (κ1) is 21.6. The lowest BCUT2D eigenvalue weighted by Gasteiger charge is -2.08. The zero-order valence-corrected chi connectivity index (χ0v) is 16.9. The molecule has 30 heavy (non-hydrogen) atoms. The first-order valence-corrected chi connectivity index (χ1v) is 9.79. The maximum Gasteiger partial charge on any atom is 0.389 e. The fourth-order valence-corrected chi connectivity index (χ4v) is 2.98. The quantitative estimate of drug-likeness (QED) is 0.361. The van der Waals surface area contributed by atoms with Gasteiger partial charge in [0.2, 0.25) is 11.1 Å². The molecular weight excluding hydrogens is 419 g/mol. The monoisotopic (exact) mass is 439 g/mol. The second-order valence-corrected chi connectivity index (χ2v) is 6.95. The van der Waals surface area contributed by atoms with Gasteiger partial charge in [-0.25, -0.2) is 9.50 Å². The molecule has 0 fully saturated rings. The van der Waals surface area contributed by atoms with Crippen LogP contribution in [-0.2, 0) is 0 Å². The zero-order valence-electron chi connectivity index (χ0n) is 16.1. The van der Waals surface area contributed by atoms with Crippen molar-refractivity contribution in [2.75, 3.05) is 17.2 Å². The van der Waals surface area contributed by atoms with Crippen LogP contribution in [0.1, 0.15) is 18.7 Å². The number of fused-ring (bicyclic) bond motifs is 1. The average molecular weight is 439 g/mol. The van der Waals surface area contributed by atoms with Gasteiger partial charge in [-0.05, 0) is 31.6 Å². The summed E-state index contributed by atoms with van der Waals surface area (Å²) in [6.07, 6.45) is 1.65. The molecule has 0 radical (unpaired) electrons. The average Bonchev–Trinajstić information content (AvgIpc) is 3.29. The van der Waals surface area contributed by atoms with Crippen LogP contribution in [0.5, 0.6) is 5.75 Å². The Morgan fingerprint density at radius 1 is 1.37 bits per heavy atom. The van der Waals surface area contributed by atoms with E-state index in [9.17, 15) is 13.2 Å². The van der Waals surface area contributed by atoms with Crippen molar-refractivity contribution >= 4 is 28.3 Å². The summed E-state index contributed by atoms with van der Waals surface area (Å²) in [6.45, 7) is 5.52. The molecule has 1 atom stereocenters. The zero-order chi connectivity index (χ0) is 21.6. The van der Waals surface area contributed by atoms with Crippen molar-refractivity contribution < 1.29 is 17.9 Å². The van der Waals surface area contributed by atoms with E-state index >= 15 is 0 Å². The van der Waals surface area contributed by atoms with Gasteiger partial charge in [-0.3, -0.25) is 0 Å². The van der Waals surface area contributed by atoms with Crippen LogP contribution in [0.15, 0.2) is 43.3 Å². The topological polar surface area (TPSA) is 89.3 Å². The van der Waals surface area contributed by atoms with Gasteiger partial charge in [-0.15, -0.1) is 11.7 Å². The van der Waals surface area contributed by atoms with E-state index in [0.717, 1.165) is 0 Å². The lowest BCUT2D eigenvalue weighted by molar-refractivity contribution is -0.136. The molecule has 2 N–H and O–H groups in total. The van der Waals surface area contributed by atoms with Gasteiger partial charge in [-0.2, -0.15) is 22.5 Å². The highest BCUT2D eigenvalue weighted by Crippen LogP contribution is 2.23. The molecule has 0 aliphatic heterocycles. The third-order valence-corrected chi connectivity index (χ3v) is 4.51. The molecule has 3 heterocycles. The van der Waals surface area contributed by atoms with E-state index in [0.29, 0.717) is 28.3 Å². The second-order valence-electron chi connectivity index (χ2n) is 6.20. The summed E-state index contributed by atoms with van der Waals surface area (Å²) in [7, 11) is 0. The van der Waals surface area contributed by atoms with Crippen molar-refractivity contribution in [1.82, 2.24) is 24.0 Å². The first-order chi connectivity index (χ1) is 14.3. The van der Waals surface area contributed by atoms with E-state index in [1.54, 1.807) is 30.6 Å². The summed E-state index contributed by atoms with van der Waals surface area (Å²) >= 11 is 1.25. The van der Waals surface area contributed by atoms with Gasteiger partial charge in [0.05, 0.1) is 12.6 Å². The Labute approximate surface area is 174 Å². The molecule has 160 valence electrons. The van der Waals surface area contributed by atoms with E-state index < -0.39 is 12.6 Å². The van der Waals surface area contributed by atoms with Crippen molar-refractivity contribution in [3.63, 3.8) is 0 Å². The standard InChI is InChI=1S/C18H20F3N7OS/c1-3-13(7-9-22-17-23-12(2)27-30-17)24-16-25-15-14(6-4-10-28(15)26-16)29-11-5-8-18(19,20)21/h3-4,6-7,9-10,13H,1,5,8,11H2,2H3,(H,24,26)(H,22,23,27)/b9-7+. The predicted molar refractivity (Wildman–Crippen MR) is 109 cm³/mol. The van der Waals surface area contributed by atoms with Gasteiger partial charge in [0.15, 0.2) is 11.4 Å². The summed E-state index contributed by atoms with van der Waals surface area (Å²) in [6, 6.07) is 3.05. The Morgan fingerprint density at radius 3 is 2.90 bits per heavy atom. The van der Waals surface area contributed by atoms with Crippen LogP contribution in [0.25, 0.3) is 5.65 Å². The molecule has 0 aliphatic carbocycles. The third kappa shape index (κ3) is 6.17. The highest BCUT2D eigenvalue weighted by Gasteiger charge is 2.26. The minimum absolute atomic E-state index is 0.0659. The lowest BCUT2D eigenvalue weighted by atomic mass is 10.3. The molecule has 3 aromatic heterocycles. The number of rotatable bonds is 10. The fourth-order valence-electron chi connectivity index (χ4n) is 2.42. The summed E-state index contributed by atoms with van der Waals surface area (Å²) in [5.74, 6) is 1.38. The summed E-state index contributed by atoms with van der Waals surface area (Å²) in [5.41, 5.74) is 0.404.